The highest BCUT2D eigenvalue weighted by Crippen LogP contribution is 2.24. The second-order valence-corrected chi connectivity index (χ2v) is 7.29. The van der Waals surface area contributed by atoms with E-state index in [1.54, 1.807) is 16.8 Å². The molecule has 2 aromatic rings. The minimum atomic E-state index is -0.776. The molecule has 4 nitrogen and oxygen atoms in total. The van der Waals surface area contributed by atoms with Gasteiger partial charge in [0.1, 0.15) is 0 Å². The van der Waals surface area contributed by atoms with Gasteiger partial charge in [0.2, 0.25) is 0 Å². The molecular weight excluding hydrogens is 308 g/mol. The number of carbonyl (C=O) groups is 1. The van der Waals surface area contributed by atoms with Crippen LogP contribution in [0.4, 0.5) is 10.5 Å². The summed E-state index contributed by atoms with van der Waals surface area (Å²) in [5.74, 6) is 1.15. The van der Waals surface area contributed by atoms with Gasteiger partial charge in [0.15, 0.2) is 0 Å². The fourth-order valence-corrected chi connectivity index (χ4v) is 3.73. The molecule has 0 bridgehead atoms. The average molecular weight is 328 g/mol. The molecule has 0 atom stereocenters. The number of urea groups is 1. The van der Waals surface area contributed by atoms with Crippen molar-refractivity contribution in [1.82, 2.24) is 4.90 Å². The standard InChI is InChI=1S/C18H20N2O2S/c1-19(18(21)20-10-12-23(22)13-11-20)17-9-5-8-16(14-17)15-6-3-2-4-7-15/h2-9,14H,10-13H2,1H3. The Morgan fingerprint density at radius 3 is 2.35 bits per heavy atom. The van der Waals surface area contributed by atoms with Crippen molar-refractivity contribution in [2.24, 2.45) is 0 Å². The summed E-state index contributed by atoms with van der Waals surface area (Å²) in [6, 6.07) is 18.0. The SMILES string of the molecule is CN(C(=O)N1CCS(=O)CC1)c1cccc(-c2ccccc2)c1. The van der Waals surface area contributed by atoms with E-state index < -0.39 is 10.8 Å². The molecule has 2 aromatic carbocycles. The predicted molar refractivity (Wildman–Crippen MR) is 95.1 cm³/mol. The maximum absolute atomic E-state index is 12.6. The Balaban J connectivity index is 1.78. The maximum atomic E-state index is 12.6. The molecule has 1 aliphatic heterocycles. The summed E-state index contributed by atoms with van der Waals surface area (Å²) in [7, 11) is 1.01. The lowest BCUT2D eigenvalue weighted by Crippen LogP contribution is -2.47. The number of carbonyl (C=O) groups excluding carboxylic acids is 1. The lowest BCUT2D eigenvalue weighted by Gasteiger charge is -2.30. The van der Waals surface area contributed by atoms with Crippen LogP contribution in [-0.2, 0) is 10.8 Å². The van der Waals surface area contributed by atoms with Gasteiger partial charge in [-0.2, -0.15) is 0 Å². The molecule has 1 aliphatic rings. The summed E-state index contributed by atoms with van der Waals surface area (Å²) < 4.78 is 11.4. The predicted octanol–water partition coefficient (Wildman–Crippen LogP) is 2.97. The number of hydrogen-bond donors (Lipinski definition) is 0. The Morgan fingerprint density at radius 2 is 1.65 bits per heavy atom. The number of rotatable bonds is 2. The van der Waals surface area contributed by atoms with Gasteiger partial charge >= 0.3 is 6.03 Å². The van der Waals surface area contributed by atoms with Gasteiger partial charge in [-0.05, 0) is 23.3 Å². The van der Waals surface area contributed by atoms with Crippen molar-refractivity contribution in [3.8, 4) is 11.1 Å². The summed E-state index contributed by atoms with van der Waals surface area (Å²) in [5.41, 5.74) is 3.08. The van der Waals surface area contributed by atoms with Crippen LogP contribution < -0.4 is 4.90 Å². The first kappa shape index (κ1) is 15.7. The van der Waals surface area contributed by atoms with E-state index in [1.807, 2.05) is 42.5 Å². The highest BCUT2D eigenvalue weighted by Gasteiger charge is 2.23. The third-order valence-corrected chi connectivity index (χ3v) is 5.35. The number of anilines is 1. The van der Waals surface area contributed by atoms with Crippen molar-refractivity contribution in [2.75, 3.05) is 36.5 Å². The van der Waals surface area contributed by atoms with Crippen molar-refractivity contribution < 1.29 is 9.00 Å². The monoisotopic (exact) mass is 328 g/mol. The van der Waals surface area contributed by atoms with Crippen LogP contribution in [0.3, 0.4) is 0 Å². The zero-order valence-corrected chi connectivity index (χ0v) is 14.0. The molecule has 1 heterocycles. The van der Waals surface area contributed by atoms with Gasteiger partial charge in [-0.25, -0.2) is 4.79 Å². The van der Waals surface area contributed by atoms with Crippen molar-refractivity contribution in [2.45, 2.75) is 0 Å². The minimum absolute atomic E-state index is 0.0353. The average Bonchev–Trinajstić information content (AvgIpc) is 2.62. The summed E-state index contributed by atoms with van der Waals surface area (Å²) in [6.45, 7) is 1.13. The molecule has 120 valence electrons. The smallest absolute Gasteiger partial charge is 0.323 e. The molecule has 0 aliphatic carbocycles. The normalized spacial score (nSPS) is 15.4. The Bertz CT molecular complexity index is 708. The Labute approximate surface area is 139 Å². The molecule has 0 N–H and O–H groups in total. The van der Waals surface area contributed by atoms with E-state index in [0.29, 0.717) is 24.6 Å². The van der Waals surface area contributed by atoms with Gasteiger partial charge in [0.25, 0.3) is 0 Å². The highest BCUT2D eigenvalue weighted by molar-refractivity contribution is 7.85. The van der Waals surface area contributed by atoms with E-state index in [-0.39, 0.29) is 6.03 Å². The quantitative estimate of drug-likeness (QED) is 0.850. The second-order valence-electron chi connectivity index (χ2n) is 5.59. The topological polar surface area (TPSA) is 40.6 Å². The molecule has 23 heavy (non-hydrogen) atoms. The first-order chi connectivity index (χ1) is 11.1. The van der Waals surface area contributed by atoms with E-state index in [2.05, 4.69) is 12.1 Å². The van der Waals surface area contributed by atoms with Gasteiger partial charge in [0, 0.05) is 48.1 Å². The number of amides is 2. The number of nitrogens with zero attached hydrogens (tertiary/aromatic N) is 2. The van der Waals surface area contributed by atoms with Crippen LogP contribution in [0, 0.1) is 0 Å². The van der Waals surface area contributed by atoms with Crippen molar-refractivity contribution in [3.63, 3.8) is 0 Å². The van der Waals surface area contributed by atoms with Crippen LogP contribution >= 0.6 is 0 Å². The Hall–Kier alpha value is -2.14. The Morgan fingerprint density at radius 1 is 1.00 bits per heavy atom. The minimum Gasteiger partial charge on any atom is -0.323 e. The fraction of sp³-hybridized carbons (Fsp3) is 0.278. The van der Waals surface area contributed by atoms with Crippen molar-refractivity contribution >= 4 is 22.5 Å². The van der Waals surface area contributed by atoms with E-state index >= 15 is 0 Å². The van der Waals surface area contributed by atoms with E-state index in [4.69, 9.17) is 0 Å². The number of benzene rings is 2. The van der Waals surface area contributed by atoms with Crippen molar-refractivity contribution in [1.29, 1.82) is 0 Å². The third-order valence-electron chi connectivity index (χ3n) is 4.08. The summed E-state index contributed by atoms with van der Waals surface area (Å²) in [4.78, 5) is 16.0. The molecule has 0 saturated carbocycles. The van der Waals surface area contributed by atoms with Crippen LogP contribution in [0.5, 0.6) is 0 Å². The van der Waals surface area contributed by atoms with Crippen LogP contribution in [0.25, 0.3) is 11.1 Å². The number of hydrogen-bond acceptors (Lipinski definition) is 2. The molecule has 2 amide bonds. The van der Waals surface area contributed by atoms with Gasteiger partial charge in [-0.3, -0.25) is 9.11 Å². The van der Waals surface area contributed by atoms with Crippen LogP contribution in [0.1, 0.15) is 0 Å². The molecule has 0 unspecified atom stereocenters. The van der Waals surface area contributed by atoms with Crippen LogP contribution in [-0.4, -0.2) is 46.8 Å². The zero-order valence-electron chi connectivity index (χ0n) is 13.1. The van der Waals surface area contributed by atoms with E-state index in [0.717, 1.165) is 16.8 Å². The van der Waals surface area contributed by atoms with Gasteiger partial charge in [-0.1, -0.05) is 42.5 Å². The molecule has 0 aromatic heterocycles. The van der Waals surface area contributed by atoms with Gasteiger partial charge in [0.05, 0.1) is 0 Å². The Kier molecular flexibility index (Phi) is 4.76. The maximum Gasteiger partial charge on any atom is 0.324 e. The molecular formula is C18H20N2O2S. The van der Waals surface area contributed by atoms with Crippen LogP contribution in [0.15, 0.2) is 54.6 Å². The summed E-state index contributed by atoms with van der Waals surface area (Å²) in [6.07, 6.45) is 0. The van der Waals surface area contributed by atoms with E-state index in [9.17, 15) is 9.00 Å². The molecule has 1 saturated heterocycles. The molecule has 5 heteroatoms. The van der Waals surface area contributed by atoms with E-state index in [1.165, 1.54) is 0 Å². The molecule has 0 spiro atoms. The largest absolute Gasteiger partial charge is 0.324 e. The highest BCUT2D eigenvalue weighted by atomic mass is 32.2. The molecule has 3 rings (SSSR count). The lowest BCUT2D eigenvalue weighted by atomic mass is 10.1. The second kappa shape index (κ2) is 6.96. The molecule has 1 fully saturated rings. The van der Waals surface area contributed by atoms with Crippen LogP contribution in [0.2, 0.25) is 0 Å². The summed E-state index contributed by atoms with van der Waals surface area (Å²) >= 11 is 0. The van der Waals surface area contributed by atoms with Gasteiger partial charge < -0.3 is 4.90 Å². The zero-order chi connectivity index (χ0) is 16.2. The fourth-order valence-electron chi connectivity index (χ4n) is 2.68. The lowest BCUT2D eigenvalue weighted by molar-refractivity contribution is 0.211. The first-order valence-corrected chi connectivity index (χ1v) is 9.17. The third kappa shape index (κ3) is 3.62. The van der Waals surface area contributed by atoms with Crippen molar-refractivity contribution in [3.05, 3.63) is 54.6 Å². The molecule has 0 radical (unpaired) electrons. The summed E-state index contributed by atoms with van der Waals surface area (Å²) in [5, 5.41) is 0. The van der Waals surface area contributed by atoms with Gasteiger partial charge in [-0.15, -0.1) is 0 Å². The first-order valence-electron chi connectivity index (χ1n) is 7.68.